The van der Waals surface area contributed by atoms with Gasteiger partial charge < -0.3 is 10.5 Å². The van der Waals surface area contributed by atoms with Gasteiger partial charge in [-0.2, -0.15) is 0 Å². The van der Waals surface area contributed by atoms with Crippen molar-refractivity contribution in [3.05, 3.63) is 58.1 Å². The Morgan fingerprint density at radius 3 is 2.44 bits per heavy atom. The Labute approximate surface area is 116 Å². The molecular formula is C15H16BrNO. The third-order valence-electron chi connectivity index (χ3n) is 2.84. The van der Waals surface area contributed by atoms with Crippen LogP contribution in [0.1, 0.15) is 18.1 Å². The SMILES string of the molecule is CCc1ccc(Oc2cccc(Br)c2CN)cc1. The van der Waals surface area contributed by atoms with Crippen molar-refractivity contribution in [1.29, 1.82) is 0 Å². The Balaban J connectivity index is 2.25. The summed E-state index contributed by atoms with van der Waals surface area (Å²) in [5.41, 5.74) is 8.03. The van der Waals surface area contributed by atoms with Crippen molar-refractivity contribution in [3.8, 4) is 11.5 Å². The normalized spacial score (nSPS) is 10.4. The first-order valence-corrected chi connectivity index (χ1v) is 6.78. The van der Waals surface area contributed by atoms with Crippen molar-refractivity contribution in [3.63, 3.8) is 0 Å². The molecule has 94 valence electrons. The molecule has 0 unspecified atom stereocenters. The van der Waals surface area contributed by atoms with E-state index in [1.54, 1.807) is 0 Å². The number of benzene rings is 2. The summed E-state index contributed by atoms with van der Waals surface area (Å²) in [4.78, 5) is 0. The van der Waals surface area contributed by atoms with Crippen molar-refractivity contribution in [2.75, 3.05) is 0 Å². The molecule has 0 radical (unpaired) electrons. The number of nitrogens with two attached hydrogens (primary N) is 1. The van der Waals surface area contributed by atoms with Gasteiger partial charge in [-0.3, -0.25) is 0 Å². The standard InChI is InChI=1S/C15H16BrNO/c1-2-11-6-8-12(9-7-11)18-15-5-3-4-14(16)13(15)10-17/h3-9H,2,10,17H2,1H3. The summed E-state index contributed by atoms with van der Waals surface area (Å²) in [5.74, 6) is 1.64. The summed E-state index contributed by atoms with van der Waals surface area (Å²) in [6.45, 7) is 2.58. The highest BCUT2D eigenvalue weighted by atomic mass is 79.9. The van der Waals surface area contributed by atoms with E-state index in [4.69, 9.17) is 10.5 Å². The molecule has 0 fully saturated rings. The lowest BCUT2D eigenvalue weighted by atomic mass is 10.1. The van der Waals surface area contributed by atoms with Gasteiger partial charge in [0.1, 0.15) is 11.5 Å². The maximum atomic E-state index is 5.87. The minimum absolute atomic E-state index is 0.448. The van der Waals surface area contributed by atoms with E-state index in [-0.39, 0.29) is 0 Å². The molecule has 2 aromatic rings. The van der Waals surface area contributed by atoms with Crippen LogP contribution in [0.2, 0.25) is 0 Å². The van der Waals surface area contributed by atoms with Gasteiger partial charge in [0.05, 0.1) is 0 Å². The van der Waals surface area contributed by atoms with Gasteiger partial charge in [0.15, 0.2) is 0 Å². The second kappa shape index (κ2) is 6.03. The van der Waals surface area contributed by atoms with E-state index < -0.39 is 0 Å². The highest BCUT2D eigenvalue weighted by Gasteiger charge is 2.07. The molecule has 0 aromatic heterocycles. The van der Waals surface area contributed by atoms with Gasteiger partial charge in [0.25, 0.3) is 0 Å². The summed E-state index contributed by atoms with van der Waals surface area (Å²) < 4.78 is 6.85. The van der Waals surface area contributed by atoms with E-state index in [0.29, 0.717) is 6.54 Å². The molecule has 0 aliphatic rings. The minimum Gasteiger partial charge on any atom is -0.457 e. The molecule has 0 heterocycles. The van der Waals surface area contributed by atoms with Crippen LogP contribution in [0.15, 0.2) is 46.9 Å². The molecule has 0 aliphatic carbocycles. The molecule has 2 nitrogen and oxygen atoms in total. The van der Waals surface area contributed by atoms with Crippen molar-refractivity contribution >= 4 is 15.9 Å². The van der Waals surface area contributed by atoms with Crippen LogP contribution in [0, 0.1) is 0 Å². The first kappa shape index (κ1) is 13.1. The van der Waals surface area contributed by atoms with Crippen LogP contribution in [-0.2, 0) is 13.0 Å². The van der Waals surface area contributed by atoms with Crippen LogP contribution in [0.4, 0.5) is 0 Å². The molecule has 0 saturated carbocycles. The molecular weight excluding hydrogens is 290 g/mol. The van der Waals surface area contributed by atoms with Crippen molar-refractivity contribution in [1.82, 2.24) is 0 Å². The fraction of sp³-hybridized carbons (Fsp3) is 0.200. The van der Waals surface area contributed by atoms with Gasteiger partial charge in [0, 0.05) is 16.6 Å². The quantitative estimate of drug-likeness (QED) is 0.916. The lowest BCUT2D eigenvalue weighted by Gasteiger charge is -2.11. The van der Waals surface area contributed by atoms with Gasteiger partial charge in [-0.05, 0) is 36.2 Å². The molecule has 18 heavy (non-hydrogen) atoms. The van der Waals surface area contributed by atoms with Crippen LogP contribution < -0.4 is 10.5 Å². The molecule has 2 N–H and O–H groups in total. The number of aryl methyl sites for hydroxylation is 1. The van der Waals surface area contributed by atoms with E-state index in [1.165, 1.54) is 5.56 Å². The fourth-order valence-corrected chi connectivity index (χ4v) is 2.26. The summed E-state index contributed by atoms with van der Waals surface area (Å²) >= 11 is 3.48. The maximum absolute atomic E-state index is 5.87. The zero-order valence-electron chi connectivity index (χ0n) is 10.3. The maximum Gasteiger partial charge on any atom is 0.133 e. The lowest BCUT2D eigenvalue weighted by molar-refractivity contribution is 0.475. The third kappa shape index (κ3) is 2.92. The average molecular weight is 306 g/mol. The second-order valence-corrected chi connectivity index (χ2v) is 4.87. The Bertz CT molecular complexity index is 523. The largest absolute Gasteiger partial charge is 0.457 e. The van der Waals surface area contributed by atoms with Crippen molar-refractivity contribution < 1.29 is 4.74 Å². The van der Waals surface area contributed by atoms with Crippen LogP contribution in [0.3, 0.4) is 0 Å². The smallest absolute Gasteiger partial charge is 0.133 e. The number of ether oxygens (including phenoxy) is 1. The molecule has 2 aromatic carbocycles. The molecule has 0 aliphatic heterocycles. The van der Waals surface area contributed by atoms with Crippen LogP contribution >= 0.6 is 15.9 Å². The summed E-state index contributed by atoms with van der Waals surface area (Å²) in [5, 5.41) is 0. The molecule has 0 saturated heterocycles. The topological polar surface area (TPSA) is 35.2 Å². The molecule has 0 bridgehead atoms. The van der Waals surface area contributed by atoms with Gasteiger partial charge >= 0.3 is 0 Å². The van der Waals surface area contributed by atoms with Gasteiger partial charge in [0.2, 0.25) is 0 Å². The first-order valence-electron chi connectivity index (χ1n) is 5.99. The second-order valence-electron chi connectivity index (χ2n) is 4.02. The average Bonchev–Trinajstić information content (AvgIpc) is 2.40. The molecule has 2 rings (SSSR count). The fourth-order valence-electron chi connectivity index (χ4n) is 1.75. The van der Waals surface area contributed by atoms with Crippen molar-refractivity contribution in [2.45, 2.75) is 19.9 Å². The highest BCUT2D eigenvalue weighted by Crippen LogP contribution is 2.30. The van der Waals surface area contributed by atoms with Gasteiger partial charge in [-0.25, -0.2) is 0 Å². The van der Waals surface area contributed by atoms with E-state index in [1.807, 2.05) is 30.3 Å². The Morgan fingerprint density at radius 2 is 1.83 bits per heavy atom. The summed E-state index contributed by atoms with van der Waals surface area (Å²) in [6.07, 6.45) is 1.03. The Morgan fingerprint density at radius 1 is 1.11 bits per heavy atom. The Hall–Kier alpha value is -1.32. The van der Waals surface area contributed by atoms with Crippen LogP contribution in [0.5, 0.6) is 11.5 Å². The third-order valence-corrected chi connectivity index (χ3v) is 3.58. The molecule has 0 spiro atoms. The number of halogens is 1. The number of rotatable bonds is 4. The van der Waals surface area contributed by atoms with Crippen molar-refractivity contribution in [2.24, 2.45) is 5.73 Å². The van der Waals surface area contributed by atoms with E-state index in [0.717, 1.165) is 28.0 Å². The molecule has 0 atom stereocenters. The monoisotopic (exact) mass is 305 g/mol. The minimum atomic E-state index is 0.448. The predicted molar refractivity (Wildman–Crippen MR) is 77.9 cm³/mol. The van der Waals surface area contributed by atoms with Gasteiger partial charge in [-0.1, -0.05) is 41.1 Å². The highest BCUT2D eigenvalue weighted by molar-refractivity contribution is 9.10. The zero-order chi connectivity index (χ0) is 13.0. The number of hydrogen-bond donors (Lipinski definition) is 1. The lowest BCUT2D eigenvalue weighted by Crippen LogP contribution is -2.00. The predicted octanol–water partition coefficient (Wildman–Crippen LogP) is 4.26. The van der Waals surface area contributed by atoms with Crippen LogP contribution in [0.25, 0.3) is 0 Å². The van der Waals surface area contributed by atoms with Crippen LogP contribution in [-0.4, -0.2) is 0 Å². The zero-order valence-corrected chi connectivity index (χ0v) is 11.9. The summed E-state index contributed by atoms with van der Waals surface area (Å²) in [7, 11) is 0. The summed E-state index contributed by atoms with van der Waals surface area (Å²) in [6, 6.07) is 14.0. The van der Waals surface area contributed by atoms with E-state index in [9.17, 15) is 0 Å². The van der Waals surface area contributed by atoms with E-state index in [2.05, 4.69) is 35.0 Å². The number of hydrogen-bond acceptors (Lipinski definition) is 2. The Kier molecular flexibility index (Phi) is 4.39. The van der Waals surface area contributed by atoms with E-state index >= 15 is 0 Å². The van der Waals surface area contributed by atoms with Gasteiger partial charge in [-0.15, -0.1) is 0 Å². The molecule has 3 heteroatoms. The first-order chi connectivity index (χ1) is 8.74. The molecule has 0 amide bonds.